The van der Waals surface area contributed by atoms with E-state index in [2.05, 4.69) is 25.8 Å². The zero-order chi connectivity index (χ0) is 17.1. The smallest absolute Gasteiger partial charge is 0.252 e. The minimum absolute atomic E-state index is 0.206. The van der Waals surface area contributed by atoms with Crippen LogP contribution < -0.4 is 0 Å². The zero-order valence-electron chi connectivity index (χ0n) is 14.5. The summed E-state index contributed by atoms with van der Waals surface area (Å²) in [6, 6.07) is 7.22. The van der Waals surface area contributed by atoms with Gasteiger partial charge in [-0.05, 0) is 6.42 Å². The number of imidazole rings is 1. The van der Waals surface area contributed by atoms with E-state index in [0.717, 1.165) is 17.8 Å². The summed E-state index contributed by atoms with van der Waals surface area (Å²) in [7, 11) is 0. The first-order valence-corrected chi connectivity index (χ1v) is 8.35. The molecule has 0 fully saturated rings. The molecule has 23 heavy (non-hydrogen) atoms. The normalized spacial score (nSPS) is 12.6. The van der Waals surface area contributed by atoms with Gasteiger partial charge >= 0.3 is 0 Å². The van der Waals surface area contributed by atoms with E-state index >= 15 is 0 Å². The lowest BCUT2D eigenvalue weighted by atomic mass is 9.90. The number of ketones is 2. The van der Waals surface area contributed by atoms with Crippen LogP contribution in [0.1, 0.15) is 73.6 Å². The molecule has 0 radical (unpaired) electrons. The van der Waals surface area contributed by atoms with Crippen molar-refractivity contribution < 1.29 is 9.59 Å². The van der Waals surface area contributed by atoms with Gasteiger partial charge in [-0.15, -0.1) is 0 Å². The number of carbonyl (C=O) groups is 2. The average molecular weight is 312 g/mol. The molecular weight excluding hydrogens is 288 g/mol. The maximum atomic E-state index is 12.5. The minimum Gasteiger partial charge on any atom is -0.324 e. The molecule has 1 aliphatic carbocycles. The van der Waals surface area contributed by atoms with Crippen molar-refractivity contribution in [2.24, 2.45) is 0 Å². The van der Waals surface area contributed by atoms with Crippen molar-refractivity contribution in [3.8, 4) is 11.3 Å². The van der Waals surface area contributed by atoms with Gasteiger partial charge < -0.3 is 4.57 Å². The van der Waals surface area contributed by atoms with E-state index in [9.17, 15) is 9.59 Å². The number of hydrogen-bond donors (Lipinski definition) is 0. The molecular formula is C19H24N2O2. The van der Waals surface area contributed by atoms with Crippen LogP contribution in [0.5, 0.6) is 0 Å². The van der Waals surface area contributed by atoms with Gasteiger partial charge in [0.2, 0.25) is 5.78 Å². The lowest BCUT2D eigenvalue weighted by Crippen LogP contribution is -2.24. The summed E-state index contributed by atoms with van der Waals surface area (Å²) in [5, 5.41) is 0. The molecule has 0 saturated heterocycles. The van der Waals surface area contributed by atoms with Gasteiger partial charge in [0.15, 0.2) is 0 Å². The van der Waals surface area contributed by atoms with Crippen LogP contribution >= 0.6 is 0 Å². The second-order valence-electron chi connectivity index (χ2n) is 5.68. The summed E-state index contributed by atoms with van der Waals surface area (Å²) in [6.45, 7) is 10.9. The first kappa shape index (κ1) is 17.1. The number of Topliss-reactive ketones (excluding diaryl/α,β-unsaturated/α-hetero) is 2. The molecule has 1 aromatic carbocycles. The Morgan fingerprint density at radius 1 is 1.04 bits per heavy atom. The van der Waals surface area contributed by atoms with Gasteiger partial charge in [0.05, 0.1) is 0 Å². The Labute approximate surface area is 137 Å². The topological polar surface area (TPSA) is 52.0 Å². The zero-order valence-corrected chi connectivity index (χ0v) is 14.5. The number of nitrogens with zero attached hydrogens (tertiary/aromatic N) is 2. The van der Waals surface area contributed by atoms with E-state index in [0.29, 0.717) is 23.5 Å². The van der Waals surface area contributed by atoms with Crippen LogP contribution in [0, 0.1) is 0 Å². The summed E-state index contributed by atoms with van der Waals surface area (Å²) in [5.41, 5.74) is 2.36. The van der Waals surface area contributed by atoms with E-state index < -0.39 is 11.6 Å². The maximum absolute atomic E-state index is 12.5. The Morgan fingerprint density at radius 2 is 1.65 bits per heavy atom. The van der Waals surface area contributed by atoms with Crippen molar-refractivity contribution in [1.82, 2.24) is 9.55 Å². The highest BCUT2D eigenvalue weighted by molar-refractivity contribution is 6.52. The summed E-state index contributed by atoms with van der Waals surface area (Å²) in [4.78, 5) is 29.5. The Kier molecular flexibility index (Phi) is 5.14. The molecule has 1 aromatic heterocycles. The summed E-state index contributed by atoms with van der Waals surface area (Å²) >= 11 is 0. The molecule has 122 valence electrons. The van der Waals surface area contributed by atoms with Gasteiger partial charge in [-0.25, -0.2) is 4.98 Å². The molecule has 2 aromatic rings. The highest BCUT2D eigenvalue weighted by Gasteiger charge is 2.35. The van der Waals surface area contributed by atoms with Crippen molar-refractivity contribution in [3.05, 3.63) is 41.3 Å². The van der Waals surface area contributed by atoms with Crippen molar-refractivity contribution in [2.75, 3.05) is 0 Å². The van der Waals surface area contributed by atoms with Crippen LogP contribution in [-0.2, 0) is 6.54 Å². The lowest BCUT2D eigenvalue weighted by molar-refractivity contribution is 0.0809. The van der Waals surface area contributed by atoms with Crippen LogP contribution in [0.2, 0.25) is 0 Å². The highest BCUT2D eigenvalue weighted by Crippen LogP contribution is 2.35. The minimum atomic E-state index is -0.434. The van der Waals surface area contributed by atoms with Crippen LogP contribution in [0.25, 0.3) is 11.3 Å². The van der Waals surface area contributed by atoms with Crippen molar-refractivity contribution in [1.29, 1.82) is 0 Å². The van der Waals surface area contributed by atoms with E-state index in [1.807, 2.05) is 30.5 Å². The van der Waals surface area contributed by atoms with E-state index in [-0.39, 0.29) is 5.92 Å². The molecule has 4 nitrogen and oxygen atoms in total. The summed E-state index contributed by atoms with van der Waals surface area (Å²) in [6.07, 6.45) is 0.894. The molecule has 0 aliphatic heterocycles. The molecule has 1 heterocycles. The average Bonchev–Trinajstić information content (AvgIpc) is 2.95. The summed E-state index contributed by atoms with van der Waals surface area (Å²) in [5.74, 6) is 0.221. The maximum Gasteiger partial charge on any atom is 0.252 e. The third-order valence-corrected chi connectivity index (χ3v) is 3.81. The monoisotopic (exact) mass is 312 g/mol. The van der Waals surface area contributed by atoms with Gasteiger partial charge in [-0.3, -0.25) is 9.59 Å². The van der Waals surface area contributed by atoms with Crippen LogP contribution in [0.15, 0.2) is 24.3 Å². The van der Waals surface area contributed by atoms with Gasteiger partial charge in [0, 0.05) is 23.6 Å². The van der Waals surface area contributed by atoms with Gasteiger partial charge in [-0.2, -0.15) is 0 Å². The van der Waals surface area contributed by atoms with E-state index in [1.54, 1.807) is 12.1 Å². The second-order valence-corrected chi connectivity index (χ2v) is 5.68. The molecule has 0 saturated carbocycles. The van der Waals surface area contributed by atoms with Crippen LogP contribution in [-0.4, -0.2) is 21.1 Å². The number of aromatic nitrogens is 2. The van der Waals surface area contributed by atoms with Crippen molar-refractivity contribution in [2.45, 2.75) is 53.5 Å². The largest absolute Gasteiger partial charge is 0.324 e. The first-order chi connectivity index (χ1) is 11.1. The van der Waals surface area contributed by atoms with Crippen molar-refractivity contribution in [3.63, 3.8) is 0 Å². The van der Waals surface area contributed by atoms with Crippen molar-refractivity contribution >= 4 is 11.6 Å². The predicted molar refractivity (Wildman–Crippen MR) is 92.1 cm³/mol. The third-order valence-electron chi connectivity index (χ3n) is 3.81. The molecule has 0 spiro atoms. The summed E-state index contributed by atoms with van der Waals surface area (Å²) < 4.78 is 1.93. The quantitative estimate of drug-likeness (QED) is 0.785. The van der Waals surface area contributed by atoms with E-state index in [1.165, 1.54) is 0 Å². The Hall–Kier alpha value is -2.23. The molecule has 1 aliphatic rings. The van der Waals surface area contributed by atoms with Crippen LogP contribution in [0.3, 0.4) is 0 Å². The number of carbonyl (C=O) groups excluding carboxylic acids is 2. The third kappa shape index (κ3) is 2.74. The van der Waals surface area contributed by atoms with Gasteiger partial charge in [0.1, 0.15) is 17.2 Å². The molecule has 4 heteroatoms. The molecule has 0 N–H and O–H groups in total. The highest BCUT2D eigenvalue weighted by atomic mass is 16.2. The molecule has 0 amide bonds. The standard InChI is InChI=1S/C17H18N2O2.C2H6/c1-4-9-19-14-13(18-17(19)10(2)3)11-7-5-6-8-12(11)15(20)16(14)21;1-2/h5-8,10H,4,9H2,1-3H3;1-2H3. The number of rotatable bonds is 3. The molecule has 0 unspecified atom stereocenters. The number of benzene rings is 1. The Morgan fingerprint density at radius 3 is 2.22 bits per heavy atom. The fourth-order valence-electron chi connectivity index (χ4n) is 2.90. The molecule has 0 bridgehead atoms. The van der Waals surface area contributed by atoms with Crippen LogP contribution in [0.4, 0.5) is 0 Å². The van der Waals surface area contributed by atoms with Gasteiger partial charge in [0.25, 0.3) is 5.78 Å². The fraction of sp³-hybridized carbons (Fsp3) is 0.421. The molecule has 0 atom stereocenters. The molecule has 3 rings (SSSR count). The Balaban J connectivity index is 0.000000924. The van der Waals surface area contributed by atoms with E-state index in [4.69, 9.17) is 0 Å². The number of fused-ring (bicyclic) bond motifs is 3. The lowest BCUT2D eigenvalue weighted by Gasteiger charge is -2.16. The fourth-order valence-corrected chi connectivity index (χ4v) is 2.90. The van der Waals surface area contributed by atoms with Gasteiger partial charge in [-0.1, -0.05) is 58.9 Å². The predicted octanol–water partition coefficient (Wildman–Crippen LogP) is 4.49. The SMILES string of the molecule is CC.CCCn1c(C(C)C)nc2c1C(=O)C(=O)c1ccccc1-2. The number of hydrogen-bond acceptors (Lipinski definition) is 3. The Bertz CT molecular complexity index is 742. The first-order valence-electron chi connectivity index (χ1n) is 8.35. The second kappa shape index (κ2) is 6.90.